The number of carbonyl (C=O) groups is 1. The largest absolute Gasteiger partial charge is 0.497 e. The fraction of sp³-hybridized carbons (Fsp3) is 0.115. The van der Waals surface area contributed by atoms with Crippen LogP contribution in [0.1, 0.15) is 15.9 Å². The lowest BCUT2D eigenvalue weighted by Crippen LogP contribution is -2.26. The number of amides is 1. The number of benzene rings is 3. The predicted octanol–water partition coefficient (Wildman–Crippen LogP) is 4.95. The van der Waals surface area contributed by atoms with Crippen molar-refractivity contribution in [3.8, 4) is 28.3 Å². The highest BCUT2D eigenvalue weighted by Crippen LogP contribution is 2.31. The monoisotopic (exact) mass is 533 g/mol. The molecule has 0 spiro atoms. The van der Waals surface area contributed by atoms with E-state index in [0.717, 1.165) is 33.8 Å². The van der Waals surface area contributed by atoms with E-state index in [9.17, 15) is 4.79 Å². The third-order valence-electron chi connectivity index (χ3n) is 5.67. The van der Waals surface area contributed by atoms with Crippen molar-refractivity contribution in [3.63, 3.8) is 0 Å². The van der Waals surface area contributed by atoms with Gasteiger partial charge in [-0.3, -0.25) is 9.48 Å². The van der Waals surface area contributed by atoms with Gasteiger partial charge in [-0.2, -0.15) is 5.10 Å². The highest BCUT2D eigenvalue weighted by molar-refractivity contribution is 6.35. The third-order valence-corrected chi connectivity index (χ3v) is 6.10. The molecule has 0 atom stereocenters. The summed E-state index contributed by atoms with van der Waals surface area (Å²) in [6.45, 7) is 0.655. The summed E-state index contributed by atoms with van der Waals surface area (Å²) in [6.07, 6.45) is 1.43. The number of hydrogen-bond donors (Lipinski definition) is 1. The average molecular weight is 534 g/mol. The molecule has 11 heteroatoms. The predicted molar refractivity (Wildman–Crippen MR) is 140 cm³/mol. The second kappa shape index (κ2) is 10.8. The zero-order chi connectivity index (χ0) is 25.8. The molecule has 0 unspecified atom stereocenters. The number of ether oxygens (including phenoxy) is 1. The number of nitrogens with zero attached hydrogens (tertiary/aromatic N) is 6. The number of aromatic nitrogens is 6. The minimum absolute atomic E-state index is 0.181. The van der Waals surface area contributed by atoms with Gasteiger partial charge in [-0.15, -0.1) is 5.10 Å². The summed E-state index contributed by atoms with van der Waals surface area (Å²) in [5.41, 5.74) is 4.95. The van der Waals surface area contributed by atoms with Crippen molar-refractivity contribution in [2.24, 2.45) is 0 Å². The molecule has 0 fully saturated rings. The first kappa shape index (κ1) is 24.5. The van der Waals surface area contributed by atoms with E-state index in [1.807, 2.05) is 59.3 Å². The average Bonchev–Trinajstić information content (AvgIpc) is 3.58. The van der Waals surface area contributed by atoms with Crippen LogP contribution in [0.5, 0.6) is 5.75 Å². The molecule has 9 nitrogen and oxygen atoms in total. The van der Waals surface area contributed by atoms with Gasteiger partial charge >= 0.3 is 0 Å². The normalized spacial score (nSPS) is 10.9. The summed E-state index contributed by atoms with van der Waals surface area (Å²) >= 11 is 12.6. The van der Waals surface area contributed by atoms with E-state index in [2.05, 4.69) is 20.8 Å². The Labute approximate surface area is 222 Å². The minimum atomic E-state index is -0.225. The highest BCUT2D eigenvalue weighted by Gasteiger charge is 2.14. The Balaban J connectivity index is 1.41. The second-order valence-electron chi connectivity index (χ2n) is 8.17. The molecule has 5 rings (SSSR count). The molecule has 0 aliphatic rings. The quantitative estimate of drug-likeness (QED) is 0.302. The lowest BCUT2D eigenvalue weighted by molar-refractivity contribution is 0.0939. The van der Waals surface area contributed by atoms with Crippen LogP contribution < -0.4 is 10.1 Å². The van der Waals surface area contributed by atoms with Gasteiger partial charge in [0, 0.05) is 26.7 Å². The van der Waals surface area contributed by atoms with Crippen molar-refractivity contribution in [3.05, 3.63) is 100 Å². The van der Waals surface area contributed by atoms with Crippen molar-refractivity contribution in [1.29, 1.82) is 0 Å². The zero-order valence-corrected chi connectivity index (χ0v) is 21.2. The van der Waals surface area contributed by atoms with Crippen LogP contribution in [-0.4, -0.2) is 43.0 Å². The molecule has 0 saturated heterocycles. The molecule has 0 saturated carbocycles. The van der Waals surface area contributed by atoms with Crippen molar-refractivity contribution < 1.29 is 9.53 Å². The van der Waals surface area contributed by atoms with Crippen LogP contribution in [0.2, 0.25) is 10.0 Å². The SMILES string of the molecule is COc1ccc(-c2cc(-c3cc(Cl)cc(Cl)c3)n(Cc3ccc(C(=O)NCn4cnnn4)cc3)n2)cc1. The molecule has 0 aliphatic heterocycles. The van der Waals surface area contributed by atoms with E-state index in [1.54, 1.807) is 25.3 Å². The van der Waals surface area contributed by atoms with Crippen LogP contribution in [0.15, 0.2) is 79.1 Å². The molecule has 1 amide bonds. The van der Waals surface area contributed by atoms with Gasteiger partial charge in [0.15, 0.2) is 0 Å². The van der Waals surface area contributed by atoms with Gasteiger partial charge in [0.1, 0.15) is 18.7 Å². The molecule has 0 bridgehead atoms. The first-order valence-electron chi connectivity index (χ1n) is 11.2. The number of tetrazole rings is 1. The zero-order valence-electron chi connectivity index (χ0n) is 19.7. The first-order chi connectivity index (χ1) is 18.0. The van der Waals surface area contributed by atoms with E-state index in [1.165, 1.54) is 11.0 Å². The maximum Gasteiger partial charge on any atom is 0.252 e. The smallest absolute Gasteiger partial charge is 0.252 e. The van der Waals surface area contributed by atoms with Crippen LogP contribution in [0, 0.1) is 0 Å². The van der Waals surface area contributed by atoms with E-state index >= 15 is 0 Å². The lowest BCUT2D eigenvalue weighted by atomic mass is 10.1. The van der Waals surface area contributed by atoms with E-state index < -0.39 is 0 Å². The van der Waals surface area contributed by atoms with Gasteiger partial charge in [0.05, 0.1) is 25.0 Å². The molecule has 0 radical (unpaired) electrons. The Bertz CT molecular complexity index is 1500. The molecule has 37 heavy (non-hydrogen) atoms. The Morgan fingerprint density at radius 3 is 2.32 bits per heavy atom. The van der Waals surface area contributed by atoms with Crippen LogP contribution in [-0.2, 0) is 13.2 Å². The van der Waals surface area contributed by atoms with E-state index in [-0.39, 0.29) is 12.6 Å². The highest BCUT2D eigenvalue weighted by atomic mass is 35.5. The Morgan fingerprint density at radius 2 is 1.68 bits per heavy atom. The van der Waals surface area contributed by atoms with Crippen molar-refractivity contribution in [1.82, 2.24) is 35.3 Å². The fourth-order valence-electron chi connectivity index (χ4n) is 3.82. The van der Waals surface area contributed by atoms with Gasteiger partial charge < -0.3 is 10.1 Å². The third kappa shape index (κ3) is 5.79. The summed E-state index contributed by atoms with van der Waals surface area (Å²) in [4.78, 5) is 12.5. The van der Waals surface area contributed by atoms with Crippen molar-refractivity contribution >= 4 is 29.1 Å². The molecule has 2 heterocycles. The number of methoxy groups -OCH3 is 1. The summed E-state index contributed by atoms with van der Waals surface area (Å²) in [5.74, 6) is 0.546. The summed E-state index contributed by atoms with van der Waals surface area (Å²) in [6, 6.07) is 22.5. The summed E-state index contributed by atoms with van der Waals surface area (Å²) in [5, 5.41) is 19.5. The first-order valence-corrected chi connectivity index (χ1v) is 12.0. The van der Waals surface area contributed by atoms with Crippen LogP contribution in [0.4, 0.5) is 0 Å². The maximum absolute atomic E-state index is 12.5. The number of rotatable bonds is 8. The molecular formula is C26H21Cl2N7O2. The number of nitrogens with one attached hydrogen (secondary N) is 1. The van der Waals surface area contributed by atoms with Gasteiger partial charge in [-0.1, -0.05) is 35.3 Å². The van der Waals surface area contributed by atoms with Crippen LogP contribution in [0.3, 0.4) is 0 Å². The fourth-order valence-corrected chi connectivity index (χ4v) is 4.34. The molecule has 3 aromatic carbocycles. The number of halogens is 2. The summed E-state index contributed by atoms with van der Waals surface area (Å²) in [7, 11) is 1.63. The topological polar surface area (TPSA) is 99.8 Å². The van der Waals surface area contributed by atoms with E-state index in [4.69, 9.17) is 33.0 Å². The Hall–Kier alpha value is -4.21. The molecule has 0 aliphatic carbocycles. The van der Waals surface area contributed by atoms with Gasteiger partial charge in [-0.05, 0) is 76.7 Å². The Kier molecular flexibility index (Phi) is 7.16. The Morgan fingerprint density at radius 1 is 0.946 bits per heavy atom. The number of hydrogen-bond acceptors (Lipinski definition) is 6. The van der Waals surface area contributed by atoms with E-state index in [0.29, 0.717) is 22.2 Å². The number of carbonyl (C=O) groups excluding carboxylic acids is 1. The standard InChI is InChI=1S/C26H21Cl2N7O2/c1-37-23-8-6-18(7-9-23)24-13-25(20-10-21(27)12-22(28)11-20)35(31-24)14-17-2-4-19(5-3-17)26(36)29-15-34-16-30-32-33-34/h2-13,16H,14-15H2,1H3,(H,29,36). The summed E-state index contributed by atoms with van der Waals surface area (Å²) < 4.78 is 8.60. The van der Waals surface area contributed by atoms with Crippen LogP contribution >= 0.6 is 23.2 Å². The van der Waals surface area contributed by atoms with Crippen LogP contribution in [0.25, 0.3) is 22.5 Å². The van der Waals surface area contributed by atoms with Gasteiger partial charge in [0.25, 0.3) is 5.91 Å². The molecule has 186 valence electrons. The molecular weight excluding hydrogens is 513 g/mol. The van der Waals surface area contributed by atoms with Crippen molar-refractivity contribution in [2.45, 2.75) is 13.2 Å². The maximum atomic E-state index is 12.5. The van der Waals surface area contributed by atoms with Crippen molar-refractivity contribution in [2.75, 3.05) is 7.11 Å². The lowest BCUT2D eigenvalue weighted by Gasteiger charge is -2.10. The molecule has 5 aromatic rings. The van der Waals surface area contributed by atoms with Gasteiger partial charge in [0.2, 0.25) is 0 Å². The molecule has 1 N–H and O–H groups in total. The van der Waals surface area contributed by atoms with Gasteiger partial charge in [-0.25, -0.2) is 4.68 Å². The molecule has 2 aromatic heterocycles. The minimum Gasteiger partial charge on any atom is -0.497 e. The second-order valence-corrected chi connectivity index (χ2v) is 9.04.